The van der Waals surface area contributed by atoms with Crippen LogP contribution in [-0.2, 0) is 0 Å². The Hall–Kier alpha value is -2.39. The Bertz CT molecular complexity index is 513. The SMILES string of the molecule is O=C(O)c1cc([N+](=O)[O-])c(OC(F)(F)F)cc1F. The lowest BCUT2D eigenvalue weighted by Crippen LogP contribution is -2.18. The van der Waals surface area contributed by atoms with Gasteiger partial charge in [-0.3, -0.25) is 10.1 Å². The number of ether oxygens (including phenoxy) is 1. The van der Waals surface area contributed by atoms with Crippen molar-refractivity contribution in [2.75, 3.05) is 0 Å². The Balaban J connectivity index is 3.38. The molecule has 0 radical (unpaired) electrons. The van der Waals surface area contributed by atoms with E-state index in [1.54, 1.807) is 0 Å². The summed E-state index contributed by atoms with van der Waals surface area (Å²) in [5.74, 6) is -4.85. The van der Waals surface area contributed by atoms with Crippen molar-refractivity contribution in [3.63, 3.8) is 0 Å². The van der Waals surface area contributed by atoms with Crippen LogP contribution in [0, 0.1) is 15.9 Å². The number of rotatable bonds is 3. The molecule has 0 aliphatic heterocycles. The number of hydrogen-bond donors (Lipinski definition) is 1. The standard InChI is InChI=1S/C8H3F4NO5/c9-4-2-6(18-8(10,11)12)5(13(16)17)1-3(4)7(14)15/h1-2H,(H,14,15). The van der Waals surface area contributed by atoms with Crippen LogP contribution in [-0.4, -0.2) is 22.4 Å². The molecule has 1 aromatic rings. The molecule has 10 heteroatoms. The van der Waals surface area contributed by atoms with Crippen molar-refractivity contribution in [2.24, 2.45) is 0 Å². The fraction of sp³-hybridized carbons (Fsp3) is 0.125. The molecule has 18 heavy (non-hydrogen) atoms. The Morgan fingerprint density at radius 1 is 1.39 bits per heavy atom. The normalized spacial score (nSPS) is 11.1. The number of halogens is 4. The highest BCUT2D eigenvalue weighted by Crippen LogP contribution is 2.34. The molecule has 0 aliphatic carbocycles. The number of nitro benzene ring substituents is 1. The maximum Gasteiger partial charge on any atom is 0.573 e. The van der Waals surface area contributed by atoms with E-state index < -0.39 is 40.1 Å². The molecule has 0 saturated carbocycles. The zero-order valence-corrected chi connectivity index (χ0v) is 8.19. The highest BCUT2D eigenvalue weighted by atomic mass is 19.4. The fourth-order valence-corrected chi connectivity index (χ4v) is 1.06. The van der Waals surface area contributed by atoms with Gasteiger partial charge in [-0.1, -0.05) is 0 Å². The second kappa shape index (κ2) is 4.47. The lowest BCUT2D eigenvalue weighted by Gasteiger charge is -2.09. The van der Waals surface area contributed by atoms with E-state index in [2.05, 4.69) is 4.74 Å². The summed E-state index contributed by atoms with van der Waals surface area (Å²) in [4.78, 5) is 19.6. The molecule has 1 rings (SSSR count). The molecular weight excluding hydrogens is 266 g/mol. The topological polar surface area (TPSA) is 89.7 Å². The van der Waals surface area contributed by atoms with Gasteiger partial charge in [0.05, 0.1) is 4.92 Å². The van der Waals surface area contributed by atoms with Gasteiger partial charge in [-0.2, -0.15) is 0 Å². The fourth-order valence-electron chi connectivity index (χ4n) is 1.06. The number of nitrogens with zero attached hydrogens (tertiary/aromatic N) is 1. The molecule has 6 nitrogen and oxygen atoms in total. The minimum absolute atomic E-state index is 0.00488. The second-order valence-electron chi connectivity index (χ2n) is 2.91. The van der Waals surface area contributed by atoms with Gasteiger partial charge in [0.1, 0.15) is 11.4 Å². The summed E-state index contributed by atoms with van der Waals surface area (Å²) in [5.41, 5.74) is -2.43. The van der Waals surface area contributed by atoms with Crippen molar-refractivity contribution >= 4 is 11.7 Å². The summed E-state index contributed by atoms with van der Waals surface area (Å²) in [6.45, 7) is 0. The molecule has 0 fully saturated rings. The van der Waals surface area contributed by atoms with Crippen molar-refractivity contribution in [3.8, 4) is 5.75 Å². The first kappa shape index (κ1) is 13.7. The van der Waals surface area contributed by atoms with Crippen LogP contribution in [0.15, 0.2) is 12.1 Å². The first-order valence-electron chi connectivity index (χ1n) is 4.09. The lowest BCUT2D eigenvalue weighted by molar-refractivity contribution is -0.388. The van der Waals surface area contributed by atoms with Gasteiger partial charge in [0, 0.05) is 12.1 Å². The molecule has 0 atom stereocenters. The smallest absolute Gasteiger partial charge is 0.478 e. The molecule has 0 bridgehead atoms. The monoisotopic (exact) mass is 269 g/mol. The van der Waals surface area contributed by atoms with E-state index in [0.29, 0.717) is 0 Å². The summed E-state index contributed by atoms with van der Waals surface area (Å²) < 4.78 is 52.0. The van der Waals surface area contributed by atoms with Crippen LogP contribution in [0.25, 0.3) is 0 Å². The molecule has 1 N–H and O–H groups in total. The van der Waals surface area contributed by atoms with Crippen molar-refractivity contribution < 1.29 is 37.1 Å². The third-order valence-corrected chi connectivity index (χ3v) is 1.70. The quantitative estimate of drug-likeness (QED) is 0.516. The summed E-state index contributed by atoms with van der Waals surface area (Å²) in [6.07, 6.45) is -5.26. The van der Waals surface area contributed by atoms with Gasteiger partial charge < -0.3 is 9.84 Å². The number of nitro groups is 1. The maximum atomic E-state index is 13.1. The van der Waals surface area contributed by atoms with Gasteiger partial charge in [-0.05, 0) is 0 Å². The Kier molecular flexibility index (Phi) is 3.39. The number of hydrogen-bond acceptors (Lipinski definition) is 4. The van der Waals surface area contributed by atoms with Gasteiger partial charge in [0.25, 0.3) is 0 Å². The number of benzene rings is 1. The van der Waals surface area contributed by atoms with E-state index in [-0.39, 0.29) is 12.1 Å². The summed E-state index contributed by atoms with van der Waals surface area (Å²) in [7, 11) is 0. The predicted molar refractivity (Wildman–Crippen MR) is 46.7 cm³/mol. The molecule has 1 aromatic carbocycles. The van der Waals surface area contributed by atoms with Crippen molar-refractivity contribution in [3.05, 3.63) is 33.6 Å². The number of carbonyl (C=O) groups is 1. The van der Waals surface area contributed by atoms with Crippen LogP contribution in [0.4, 0.5) is 23.2 Å². The van der Waals surface area contributed by atoms with Crippen LogP contribution >= 0.6 is 0 Å². The number of carboxylic acid groups (broad SMARTS) is 1. The van der Waals surface area contributed by atoms with Crippen LogP contribution in [0.1, 0.15) is 10.4 Å². The molecule has 98 valence electrons. The third-order valence-electron chi connectivity index (χ3n) is 1.70. The van der Waals surface area contributed by atoms with Crippen LogP contribution in [0.5, 0.6) is 5.75 Å². The van der Waals surface area contributed by atoms with E-state index in [1.165, 1.54) is 0 Å². The largest absolute Gasteiger partial charge is 0.573 e. The van der Waals surface area contributed by atoms with Crippen LogP contribution < -0.4 is 4.74 Å². The molecule has 0 saturated heterocycles. The van der Waals surface area contributed by atoms with Gasteiger partial charge in [-0.15, -0.1) is 13.2 Å². The van der Waals surface area contributed by atoms with E-state index >= 15 is 0 Å². The number of carboxylic acids is 1. The average molecular weight is 269 g/mol. The minimum atomic E-state index is -5.26. The van der Waals surface area contributed by atoms with Gasteiger partial charge in [-0.25, -0.2) is 9.18 Å². The van der Waals surface area contributed by atoms with E-state index in [0.717, 1.165) is 0 Å². The summed E-state index contributed by atoms with van der Waals surface area (Å²) >= 11 is 0. The number of aromatic carboxylic acids is 1. The van der Waals surface area contributed by atoms with E-state index in [4.69, 9.17) is 5.11 Å². The first-order chi connectivity index (χ1) is 8.11. The predicted octanol–water partition coefficient (Wildman–Crippen LogP) is 2.33. The second-order valence-corrected chi connectivity index (χ2v) is 2.91. The molecule has 0 unspecified atom stereocenters. The van der Waals surface area contributed by atoms with Gasteiger partial charge in [0.15, 0.2) is 0 Å². The first-order valence-corrected chi connectivity index (χ1v) is 4.09. The van der Waals surface area contributed by atoms with Gasteiger partial charge >= 0.3 is 18.0 Å². The Morgan fingerprint density at radius 3 is 2.33 bits per heavy atom. The molecule has 0 spiro atoms. The van der Waals surface area contributed by atoms with Crippen molar-refractivity contribution in [2.45, 2.75) is 6.36 Å². The average Bonchev–Trinajstić information content (AvgIpc) is 2.13. The third kappa shape index (κ3) is 3.06. The van der Waals surface area contributed by atoms with E-state index in [1.807, 2.05) is 0 Å². The lowest BCUT2D eigenvalue weighted by atomic mass is 10.2. The molecular formula is C8H3F4NO5. The Labute approximate surface area is 95.5 Å². The van der Waals surface area contributed by atoms with Gasteiger partial charge in [0.2, 0.25) is 5.75 Å². The number of alkyl halides is 3. The Morgan fingerprint density at radius 2 is 1.94 bits per heavy atom. The van der Waals surface area contributed by atoms with Crippen LogP contribution in [0.3, 0.4) is 0 Å². The molecule has 0 heterocycles. The summed E-state index contributed by atoms with van der Waals surface area (Å²) in [5, 5.41) is 18.9. The zero-order valence-electron chi connectivity index (χ0n) is 8.19. The highest BCUT2D eigenvalue weighted by molar-refractivity contribution is 5.89. The molecule has 0 aromatic heterocycles. The maximum absolute atomic E-state index is 13.1. The zero-order chi connectivity index (χ0) is 14.1. The molecule has 0 amide bonds. The van der Waals surface area contributed by atoms with Crippen molar-refractivity contribution in [1.29, 1.82) is 0 Å². The molecule has 0 aliphatic rings. The minimum Gasteiger partial charge on any atom is -0.478 e. The van der Waals surface area contributed by atoms with Crippen molar-refractivity contribution in [1.82, 2.24) is 0 Å². The van der Waals surface area contributed by atoms with E-state index in [9.17, 15) is 32.5 Å². The summed E-state index contributed by atoms with van der Waals surface area (Å²) in [6, 6.07) is 0.147. The highest BCUT2D eigenvalue weighted by Gasteiger charge is 2.35. The van der Waals surface area contributed by atoms with Crippen LogP contribution in [0.2, 0.25) is 0 Å².